The summed E-state index contributed by atoms with van der Waals surface area (Å²) >= 11 is 0. The summed E-state index contributed by atoms with van der Waals surface area (Å²) in [7, 11) is 0. The molecular formula is C10H15ClN2O5. The van der Waals surface area contributed by atoms with Crippen LogP contribution in [-0.2, 0) is 0 Å². The van der Waals surface area contributed by atoms with Gasteiger partial charge in [-0.25, -0.2) is 0 Å². The molecule has 0 amide bonds. The van der Waals surface area contributed by atoms with Crippen LogP contribution in [0.1, 0.15) is 24.4 Å². The number of phenolic OH excluding ortho intramolecular Hbond substituents is 2. The molecule has 0 aliphatic carbocycles. The molecule has 1 aromatic carbocycles. The van der Waals surface area contributed by atoms with Gasteiger partial charge in [-0.05, 0) is 24.5 Å². The fraction of sp³-hybridized carbons (Fsp3) is 0.400. The zero-order valence-corrected chi connectivity index (χ0v) is 10.3. The fourth-order valence-electron chi connectivity index (χ4n) is 1.46. The van der Waals surface area contributed by atoms with E-state index in [1.165, 1.54) is 6.07 Å². The van der Waals surface area contributed by atoms with Crippen LogP contribution in [0.4, 0.5) is 5.69 Å². The third-order valence-electron chi connectivity index (χ3n) is 2.39. The monoisotopic (exact) mass is 278 g/mol. The van der Waals surface area contributed by atoms with Crippen LogP contribution in [0, 0.1) is 10.1 Å². The van der Waals surface area contributed by atoms with Crippen molar-refractivity contribution in [1.82, 2.24) is 0 Å². The highest BCUT2D eigenvalue weighted by Gasteiger charge is 2.20. The second-order valence-corrected chi connectivity index (χ2v) is 3.64. The van der Waals surface area contributed by atoms with Crippen molar-refractivity contribution in [2.24, 2.45) is 5.73 Å². The topological polar surface area (TPSA) is 130 Å². The van der Waals surface area contributed by atoms with Gasteiger partial charge in [-0.1, -0.05) is 0 Å². The molecule has 0 aliphatic heterocycles. The number of nitrogens with two attached hydrogens (primary N) is 1. The number of aromatic hydroxyl groups is 2. The van der Waals surface area contributed by atoms with Gasteiger partial charge in [0.2, 0.25) is 5.75 Å². The Morgan fingerprint density at radius 2 is 2.00 bits per heavy atom. The highest BCUT2D eigenvalue weighted by molar-refractivity contribution is 5.85. The number of nitrogens with zero attached hydrogens (tertiary/aromatic N) is 1. The van der Waals surface area contributed by atoms with Crippen molar-refractivity contribution in [3.63, 3.8) is 0 Å². The summed E-state index contributed by atoms with van der Waals surface area (Å²) in [6, 6.07) is 1.77. The van der Waals surface area contributed by atoms with Gasteiger partial charge in [0.25, 0.3) is 0 Å². The summed E-state index contributed by atoms with van der Waals surface area (Å²) in [6.45, 7) is -0.0279. The molecule has 1 aromatic rings. The van der Waals surface area contributed by atoms with Gasteiger partial charge in [-0.2, -0.15) is 0 Å². The number of hydrogen-bond acceptors (Lipinski definition) is 6. The summed E-state index contributed by atoms with van der Waals surface area (Å²) < 4.78 is 0. The van der Waals surface area contributed by atoms with E-state index in [1.807, 2.05) is 0 Å². The predicted molar refractivity (Wildman–Crippen MR) is 66.9 cm³/mol. The largest absolute Gasteiger partial charge is 0.504 e. The number of halogens is 1. The minimum atomic E-state index is -0.794. The third kappa shape index (κ3) is 3.73. The van der Waals surface area contributed by atoms with E-state index in [4.69, 9.17) is 10.8 Å². The number of phenols is 2. The Morgan fingerprint density at radius 3 is 2.50 bits per heavy atom. The van der Waals surface area contributed by atoms with Crippen LogP contribution in [0.2, 0.25) is 0 Å². The molecule has 1 atom stereocenters. The van der Waals surface area contributed by atoms with Crippen LogP contribution in [-0.4, -0.2) is 26.8 Å². The Kier molecular flexibility index (Phi) is 6.39. The first-order valence-electron chi connectivity index (χ1n) is 5.04. The smallest absolute Gasteiger partial charge is 0.314 e. The Hall–Kier alpha value is -1.57. The van der Waals surface area contributed by atoms with Crippen molar-refractivity contribution in [1.29, 1.82) is 0 Å². The van der Waals surface area contributed by atoms with E-state index < -0.39 is 28.2 Å². The first-order valence-corrected chi connectivity index (χ1v) is 5.04. The molecule has 0 saturated carbocycles. The average molecular weight is 279 g/mol. The lowest BCUT2D eigenvalue weighted by Crippen LogP contribution is -2.11. The fourth-order valence-corrected chi connectivity index (χ4v) is 1.46. The summed E-state index contributed by atoms with van der Waals surface area (Å²) in [6.07, 6.45) is 0.883. The standard InChI is InChI=1S/C10H14N2O5.ClH/c11-7(2-1-3-13)6-4-8(12(16)17)10(15)9(14)5-6;/h4-5,7,13-15H,1-3,11H2;1H/t7-;/m1./s1. The van der Waals surface area contributed by atoms with Gasteiger partial charge in [0.1, 0.15) is 0 Å². The number of hydrogen-bond donors (Lipinski definition) is 4. The zero-order valence-electron chi connectivity index (χ0n) is 9.44. The maximum Gasteiger partial charge on any atom is 0.314 e. The number of nitro groups is 1. The van der Waals surface area contributed by atoms with Crippen molar-refractivity contribution >= 4 is 18.1 Å². The molecule has 5 N–H and O–H groups in total. The van der Waals surface area contributed by atoms with Crippen LogP contribution < -0.4 is 5.73 Å². The first-order chi connectivity index (χ1) is 7.97. The maximum absolute atomic E-state index is 10.6. The minimum absolute atomic E-state index is 0. The lowest BCUT2D eigenvalue weighted by Gasteiger charge is -2.12. The van der Waals surface area contributed by atoms with Crippen molar-refractivity contribution in [3.8, 4) is 11.5 Å². The third-order valence-corrected chi connectivity index (χ3v) is 2.39. The van der Waals surface area contributed by atoms with E-state index in [1.54, 1.807) is 0 Å². The number of rotatable bonds is 5. The van der Waals surface area contributed by atoms with Gasteiger partial charge < -0.3 is 21.1 Å². The van der Waals surface area contributed by atoms with Gasteiger partial charge >= 0.3 is 5.69 Å². The highest BCUT2D eigenvalue weighted by Crippen LogP contribution is 2.37. The normalized spacial score (nSPS) is 11.7. The summed E-state index contributed by atoms with van der Waals surface area (Å²) in [5.74, 6) is -1.35. The Bertz CT molecular complexity index is 427. The molecule has 0 aliphatic rings. The summed E-state index contributed by atoms with van der Waals surface area (Å²) in [5.41, 5.74) is 5.51. The Morgan fingerprint density at radius 1 is 1.39 bits per heavy atom. The molecule has 0 bridgehead atoms. The molecule has 7 nitrogen and oxygen atoms in total. The predicted octanol–water partition coefficient (Wildman–Crippen LogP) is 1.20. The van der Waals surface area contributed by atoms with Gasteiger partial charge in [0.05, 0.1) is 4.92 Å². The van der Waals surface area contributed by atoms with Crippen molar-refractivity contribution in [3.05, 3.63) is 27.8 Å². The van der Waals surface area contributed by atoms with Gasteiger partial charge in [0, 0.05) is 18.7 Å². The van der Waals surface area contributed by atoms with Crippen LogP contribution in [0.15, 0.2) is 12.1 Å². The van der Waals surface area contributed by atoms with E-state index in [0.717, 1.165) is 6.07 Å². The second-order valence-electron chi connectivity index (χ2n) is 3.64. The molecule has 1 rings (SSSR count). The molecule has 0 heterocycles. The summed E-state index contributed by atoms with van der Waals surface area (Å²) in [4.78, 5) is 9.82. The van der Waals surface area contributed by atoms with Crippen molar-refractivity contribution in [2.45, 2.75) is 18.9 Å². The molecular weight excluding hydrogens is 264 g/mol. The number of aliphatic hydroxyl groups excluding tert-OH is 1. The minimum Gasteiger partial charge on any atom is -0.504 e. The van der Waals surface area contributed by atoms with E-state index in [-0.39, 0.29) is 19.0 Å². The number of nitro benzene ring substituents is 1. The van der Waals surface area contributed by atoms with Crippen molar-refractivity contribution < 1.29 is 20.2 Å². The quantitative estimate of drug-likeness (QED) is 0.364. The molecule has 0 unspecified atom stereocenters. The number of benzene rings is 1. The van der Waals surface area contributed by atoms with Gasteiger partial charge in [-0.3, -0.25) is 10.1 Å². The molecule has 18 heavy (non-hydrogen) atoms. The highest BCUT2D eigenvalue weighted by atomic mass is 35.5. The van der Waals surface area contributed by atoms with Gasteiger partial charge in [-0.15, -0.1) is 12.4 Å². The van der Waals surface area contributed by atoms with E-state index in [0.29, 0.717) is 18.4 Å². The van der Waals surface area contributed by atoms with Crippen LogP contribution in [0.3, 0.4) is 0 Å². The maximum atomic E-state index is 10.6. The van der Waals surface area contributed by atoms with Crippen molar-refractivity contribution in [2.75, 3.05) is 6.61 Å². The van der Waals surface area contributed by atoms with Crippen LogP contribution in [0.5, 0.6) is 11.5 Å². The van der Waals surface area contributed by atoms with Crippen LogP contribution >= 0.6 is 12.4 Å². The number of aliphatic hydroxyl groups is 1. The molecule has 0 aromatic heterocycles. The molecule has 0 fully saturated rings. The second kappa shape index (κ2) is 7.00. The molecule has 8 heteroatoms. The van der Waals surface area contributed by atoms with Gasteiger partial charge in [0.15, 0.2) is 5.75 Å². The van der Waals surface area contributed by atoms with E-state index >= 15 is 0 Å². The molecule has 102 valence electrons. The Balaban J connectivity index is 0.00000289. The molecule has 0 radical (unpaired) electrons. The van der Waals surface area contributed by atoms with E-state index in [9.17, 15) is 20.3 Å². The lowest BCUT2D eigenvalue weighted by atomic mass is 10.0. The molecule has 0 saturated heterocycles. The average Bonchev–Trinajstić information content (AvgIpc) is 2.28. The van der Waals surface area contributed by atoms with Crippen LogP contribution in [0.25, 0.3) is 0 Å². The zero-order chi connectivity index (χ0) is 13.0. The molecule has 0 spiro atoms. The SMILES string of the molecule is Cl.N[C@H](CCCO)c1cc(O)c(O)c([N+](=O)[O-])c1. The lowest BCUT2D eigenvalue weighted by molar-refractivity contribution is -0.386. The van der Waals surface area contributed by atoms with E-state index in [2.05, 4.69) is 0 Å². The Labute approximate surface area is 109 Å². The first kappa shape index (κ1) is 16.4. The summed E-state index contributed by atoms with van der Waals surface area (Å²) in [5, 5.41) is 37.9.